The predicted molar refractivity (Wildman–Crippen MR) is 67.4 cm³/mol. The highest BCUT2D eigenvalue weighted by atomic mass is 16.5. The predicted octanol–water partition coefficient (Wildman–Crippen LogP) is 3.56. The first-order valence-corrected chi connectivity index (χ1v) is 6.17. The van der Waals surface area contributed by atoms with Crippen molar-refractivity contribution in [2.45, 2.75) is 40.2 Å². The first-order chi connectivity index (χ1) is 7.96. The fourth-order valence-corrected chi connectivity index (χ4v) is 2.25. The third-order valence-electron chi connectivity index (χ3n) is 3.79. The van der Waals surface area contributed by atoms with E-state index in [1.165, 1.54) is 0 Å². The Balaban J connectivity index is 1.95. The molecule has 2 rings (SSSR count). The van der Waals surface area contributed by atoms with Gasteiger partial charge in [-0.2, -0.15) is 0 Å². The van der Waals surface area contributed by atoms with E-state index in [2.05, 4.69) is 20.8 Å². The Morgan fingerprint density at radius 1 is 1.24 bits per heavy atom. The molecule has 1 saturated carbocycles. The minimum atomic E-state index is -0.234. The first kappa shape index (κ1) is 12.2. The largest absolute Gasteiger partial charge is 0.460 e. The molecule has 0 bridgehead atoms. The molecule has 0 atom stereocenters. The van der Waals surface area contributed by atoms with Crippen LogP contribution in [-0.4, -0.2) is 5.97 Å². The summed E-state index contributed by atoms with van der Waals surface area (Å²) in [6.07, 6.45) is 1.92. The summed E-state index contributed by atoms with van der Waals surface area (Å²) >= 11 is 0. The molecule has 1 fully saturated rings. The van der Waals surface area contributed by atoms with Gasteiger partial charge in [-0.25, -0.2) is 0 Å². The van der Waals surface area contributed by atoms with Crippen LogP contribution in [0.2, 0.25) is 0 Å². The monoisotopic (exact) mass is 232 g/mol. The maximum absolute atomic E-state index is 12.1. The Bertz CT molecular complexity index is 397. The Kier molecular flexibility index (Phi) is 2.98. The van der Waals surface area contributed by atoms with Crippen molar-refractivity contribution in [2.24, 2.45) is 10.8 Å². The van der Waals surface area contributed by atoms with Crippen LogP contribution in [-0.2, 0) is 16.1 Å². The van der Waals surface area contributed by atoms with Gasteiger partial charge in [-0.05, 0) is 23.8 Å². The van der Waals surface area contributed by atoms with E-state index in [0.717, 1.165) is 18.4 Å². The Morgan fingerprint density at radius 3 is 2.29 bits per heavy atom. The van der Waals surface area contributed by atoms with E-state index >= 15 is 0 Å². The van der Waals surface area contributed by atoms with Gasteiger partial charge < -0.3 is 4.74 Å². The van der Waals surface area contributed by atoms with Gasteiger partial charge >= 0.3 is 5.97 Å². The second kappa shape index (κ2) is 4.17. The standard InChI is InChI=1S/C15H20O2/c1-14(2,3)15(9-10-15)13(16)17-11-12-7-5-4-6-8-12/h4-8H,9-11H2,1-3H3. The molecule has 0 N–H and O–H groups in total. The summed E-state index contributed by atoms with van der Waals surface area (Å²) < 4.78 is 5.44. The maximum Gasteiger partial charge on any atom is 0.312 e. The van der Waals surface area contributed by atoms with E-state index in [0.29, 0.717) is 6.61 Å². The lowest BCUT2D eigenvalue weighted by Gasteiger charge is -2.28. The molecule has 0 radical (unpaired) electrons. The van der Waals surface area contributed by atoms with Gasteiger partial charge in [0.05, 0.1) is 5.41 Å². The highest BCUT2D eigenvalue weighted by Gasteiger charge is 2.59. The lowest BCUT2D eigenvalue weighted by Crippen LogP contribution is -2.32. The molecular weight excluding hydrogens is 212 g/mol. The molecule has 0 saturated heterocycles. The van der Waals surface area contributed by atoms with E-state index in [9.17, 15) is 4.79 Å². The molecule has 0 heterocycles. The van der Waals surface area contributed by atoms with Gasteiger partial charge in [0.25, 0.3) is 0 Å². The number of hydrogen-bond donors (Lipinski definition) is 0. The minimum Gasteiger partial charge on any atom is -0.460 e. The molecule has 1 aromatic carbocycles. The van der Waals surface area contributed by atoms with Crippen molar-refractivity contribution in [3.63, 3.8) is 0 Å². The third kappa shape index (κ3) is 2.36. The summed E-state index contributed by atoms with van der Waals surface area (Å²) in [4.78, 5) is 12.1. The summed E-state index contributed by atoms with van der Waals surface area (Å²) in [5, 5.41) is 0. The zero-order valence-electron chi connectivity index (χ0n) is 10.8. The fourth-order valence-electron chi connectivity index (χ4n) is 2.25. The van der Waals surface area contributed by atoms with Gasteiger partial charge in [0.1, 0.15) is 6.61 Å². The highest BCUT2D eigenvalue weighted by Crippen LogP contribution is 2.59. The minimum absolute atomic E-state index is 0.000765. The summed E-state index contributed by atoms with van der Waals surface area (Å²) in [7, 11) is 0. The van der Waals surface area contributed by atoms with Gasteiger partial charge in [0, 0.05) is 0 Å². The molecule has 0 aliphatic heterocycles. The molecular formula is C15H20O2. The first-order valence-electron chi connectivity index (χ1n) is 6.17. The Labute approximate surface area is 103 Å². The molecule has 0 amide bonds. The fraction of sp³-hybridized carbons (Fsp3) is 0.533. The normalized spacial score (nSPS) is 17.6. The smallest absolute Gasteiger partial charge is 0.312 e. The van der Waals surface area contributed by atoms with Gasteiger partial charge in [-0.3, -0.25) is 4.79 Å². The quantitative estimate of drug-likeness (QED) is 0.745. The van der Waals surface area contributed by atoms with Crippen LogP contribution in [0.3, 0.4) is 0 Å². The Morgan fingerprint density at radius 2 is 1.82 bits per heavy atom. The average Bonchev–Trinajstić information content (AvgIpc) is 3.07. The van der Waals surface area contributed by atoms with E-state index in [-0.39, 0.29) is 16.8 Å². The molecule has 0 spiro atoms. The van der Waals surface area contributed by atoms with Crippen LogP contribution in [0.4, 0.5) is 0 Å². The van der Waals surface area contributed by atoms with Crippen molar-refractivity contribution >= 4 is 5.97 Å². The summed E-state index contributed by atoms with van der Waals surface area (Å²) in [5.41, 5.74) is 0.813. The van der Waals surface area contributed by atoms with Crippen LogP contribution in [0.15, 0.2) is 30.3 Å². The molecule has 1 aliphatic carbocycles. The van der Waals surface area contributed by atoms with Gasteiger partial charge in [0.15, 0.2) is 0 Å². The Hall–Kier alpha value is -1.31. The van der Waals surface area contributed by atoms with Crippen LogP contribution >= 0.6 is 0 Å². The molecule has 2 nitrogen and oxygen atoms in total. The zero-order valence-corrected chi connectivity index (χ0v) is 10.8. The van der Waals surface area contributed by atoms with Crippen molar-refractivity contribution in [3.05, 3.63) is 35.9 Å². The molecule has 1 aliphatic rings. The van der Waals surface area contributed by atoms with Gasteiger partial charge in [0.2, 0.25) is 0 Å². The number of carbonyl (C=O) groups is 1. The van der Waals surface area contributed by atoms with Crippen LogP contribution < -0.4 is 0 Å². The lowest BCUT2D eigenvalue weighted by molar-refractivity contribution is -0.156. The summed E-state index contributed by atoms with van der Waals surface area (Å²) in [6, 6.07) is 9.83. The van der Waals surface area contributed by atoms with Gasteiger partial charge in [-0.15, -0.1) is 0 Å². The number of carbonyl (C=O) groups excluding carboxylic acids is 1. The van der Waals surface area contributed by atoms with Crippen molar-refractivity contribution in [2.75, 3.05) is 0 Å². The van der Waals surface area contributed by atoms with Crippen molar-refractivity contribution < 1.29 is 9.53 Å². The number of benzene rings is 1. The highest BCUT2D eigenvalue weighted by molar-refractivity contribution is 5.80. The second-order valence-electron chi connectivity index (χ2n) is 5.89. The van der Waals surface area contributed by atoms with Crippen LogP contribution in [0.5, 0.6) is 0 Å². The van der Waals surface area contributed by atoms with E-state index < -0.39 is 0 Å². The third-order valence-corrected chi connectivity index (χ3v) is 3.79. The number of ether oxygens (including phenoxy) is 1. The van der Waals surface area contributed by atoms with Crippen molar-refractivity contribution in [3.8, 4) is 0 Å². The van der Waals surface area contributed by atoms with Crippen LogP contribution in [0, 0.1) is 10.8 Å². The van der Waals surface area contributed by atoms with E-state index in [1.54, 1.807) is 0 Å². The maximum atomic E-state index is 12.1. The second-order valence-corrected chi connectivity index (χ2v) is 5.89. The molecule has 17 heavy (non-hydrogen) atoms. The number of rotatable bonds is 3. The number of hydrogen-bond acceptors (Lipinski definition) is 2. The summed E-state index contributed by atoms with van der Waals surface area (Å²) in [6.45, 7) is 6.73. The zero-order chi connectivity index (χ0) is 12.5. The molecule has 0 unspecified atom stereocenters. The molecule has 2 heteroatoms. The van der Waals surface area contributed by atoms with Crippen molar-refractivity contribution in [1.82, 2.24) is 0 Å². The number of esters is 1. The van der Waals surface area contributed by atoms with Crippen molar-refractivity contribution in [1.29, 1.82) is 0 Å². The molecule has 1 aromatic rings. The van der Waals surface area contributed by atoms with E-state index in [1.807, 2.05) is 30.3 Å². The van der Waals surface area contributed by atoms with Gasteiger partial charge in [-0.1, -0.05) is 51.1 Å². The van der Waals surface area contributed by atoms with Crippen LogP contribution in [0.25, 0.3) is 0 Å². The van der Waals surface area contributed by atoms with Crippen LogP contribution in [0.1, 0.15) is 39.2 Å². The van der Waals surface area contributed by atoms with E-state index in [4.69, 9.17) is 4.74 Å². The molecule has 92 valence electrons. The average molecular weight is 232 g/mol. The lowest BCUT2D eigenvalue weighted by atomic mass is 9.77. The SMILES string of the molecule is CC(C)(C)C1(C(=O)OCc2ccccc2)CC1. The molecule has 0 aromatic heterocycles. The summed E-state index contributed by atoms with van der Waals surface area (Å²) in [5.74, 6) is -0.0335. The topological polar surface area (TPSA) is 26.3 Å².